The molecule has 0 radical (unpaired) electrons. The number of likely N-dealkylation sites (N-methyl/N-ethyl adjacent to an activating group) is 1. The van der Waals surface area contributed by atoms with E-state index in [1.54, 1.807) is 23.1 Å². The van der Waals surface area contributed by atoms with Gasteiger partial charge in [0.15, 0.2) is 5.43 Å². The minimum Gasteiger partial charge on any atom is -0.494 e. The highest BCUT2D eigenvalue weighted by atomic mass is 35.5. The molecule has 0 aliphatic carbocycles. The average Bonchev–Trinajstić information content (AvgIpc) is 3.13. The third-order valence-corrected chi connectivity index (χ3v) is 6.68. The maximum absolute atomic E-state index is 13.6. The summed E-state index contributed by atoms with van der Waals surface area (Å²) in [6, 6.07) is 12.0. The topological polar surface area (TPSA) is 63.0 Å². The van der Waals surface area contributed by atoms with Gasteiger partial charge in [0.2, 0.25) is 5.76 Å². The van der Waals surface area contributed by atoms with Gasteiger partial charge in [-0.05, 0) is 55.4 Å². The number of rotatable bonds is 10. The lowest BCUT2D eigenvalue weighted by molar-refractivity contribution is 0.0708. The number of carbonyl (C=O) groups excluding carboxylic acids is 1. The van der Waals surface area contributed by atoms with Crippen molar-refractivity contribution in [3.63, 3.8) is 0 Å². The monoisotopic (exact) mass is 482 g/mol. The van der Waals surface area contributed by atoms with Gasteiger partial charge in [0.25, 0.3) is 5.91 Å². The number of benzene rings is 2. The van der Waals surface area contributed by atoms with Gasteiger partial charge < -0.3 is 19.0 Å². The van der Waals surface area contributed by atoms with Crippen LogP contribution in [0.25, 0.3) is 11.0 Å². The number of ether oxygens (including phenoxy) is 1. The summed E-state index contributed by atoms with van der Waals surface area (Å²) < 4.78 is 11.8. The standard InChI is InChI=1S/C27H31ClN2O4/c1-4-7-16-33-20-11-8-18(9-12-20)24-23-25(31)21-17-19(28)10-13-22(21)34-26(23)27(32)30(24)15-14-29(5-2)6-3/h8-13,17,24H,4-7,14-16H2,1-3H3. The molecule has 0 spiro atoms. The van der Waals surface area contributed by atoms with Crippen molar-refractivity contribution in [3.8, 4) is 5.75 Å². The first-order valence-electron chi connectivity index (χ1n) is 12.0. The van der Waals surface area contributed by atoms with Crippen LogP contribution >= 0.6 is 11.6 Å². The second-order valence-electron chi connectivity index (χ2n) is 8.51. The van der Waals surface area contributed by atoms with Crippen molar-refractivity contribution >= 4 is 28.5 Å². The van der Waals surface area contributed by atoms with Crippen LogP contribution in [0.3, 0.4) is 0 Å². The maximum Gasteiger partial charge on any atom is 0.290 e. The van der Waals surface area contributed by atoms with E-state index in [2.05, 4.69) is 25.7 Å². The normalized spacial score (nSPS) is 15.4. The molecule has 1 aromatic heterocycles. The minimum atomic E-state index is -0.526. The fraction of sp³-hybridized carbons (Fsp3) is 0.407. The van der Waals surface area contributed by atoms with Gasteiger partial charge >= 0.3 is 0 Å². The first-order valence-corrected chi connectivity index (χ1v) is 12.4. The summed E-state index contributed by atoms with van der Waals surface area (Å²) in [5, 5.41) is 0.835. The molecular formula is C27H31ClN2O4. The van der Waals surface area contributed by atoms with E-state index >= 15 is 0 Å². The van der Waals surface area contributed by atoms with Crippen molar-refractivity contribution in [3.05, 3.63) is 74.6 Å². The Morgan fingerprint density at radius 3 is 2.47 bits per heavy atom. The number of unbranched alkanes of at least 4 members (excludes halogenated alkanes) is 1. The van der Waals surface area contributed by atoms with E-state index in [9.17, 15) is 9.59 Å². The van der Waals surface area contributed by atoms with Crippen LogP contribution in [0.15, 0.2) is 51.7 Å². The number of carbonyl (C=O) groups is 1. The third-order valence-electron chi connectivity index (χ3n) is 6.44. The van der Waals surface area contributed by atoms with E-state index in [1.165, 1.54) is 0 Å². The number of fused-ring (bicyclic) bond motifs is 2. The Hall–Kier alpha value is -2.83. The van der Waals surface area contributed by atoms with E-state index in [4.69, 9.17) is 20.8 Å². The molecule has 1 atom stereocenters. The zero-order valence-corrected chi connectivity index (χ0v) is 20.7. The van der Waals surface area contributed by atoms with Crippen molar-refractivity contribution in [2.24, 2.45) is 0 Å². The van der Waals surface area contributed by atoms with E-state index in [1.807, 2.05) is 24.3 Å². The van der Waals surface area contributed by atoms with Crippen LogP contribution in [0, 0.1) is 0 Å². The fourth-order valence-electron chi connectivity index (χ4n) is 4.44. The van der Waals surface area contributed by atoms with Crippen molar-refractivity contribution in [1.82, 2.24) is 9.80 Å². The summed E-state index contributed by atoms with van der Waals surface area (Å²) in [5.74, 6) is 0.630. The molecule has 0 saturated carbocycles. The van der Waals surface area contributed by atoms with Crippen LogP contribution in [0.1, 0.15) is 61.3 Å². The molecule has 0 saturated heterocycles. The van der Waals surface area contributed by atoms with E-state index in [0.29, 0.717) is 41.3 Å². The van der Waals surface area contributed by atoms with Gasteiger partial charge in [0.1, 0.15) is 11.3 Å². The predicted molar refractivity (Wildman–Crippen MR) is 135 cm³/mol. The van der Waals surface area contributed by atoms with E-state index in [-0.39, 0.29) is 17.1 Å². The number of hydrogen-bond donors (Lipinski definition) is 0. The molecule has 3 aromatic rings. The molecule has 1 aliphatic rings. The summed E-state index contributed by atoms with van der Waals surface area (Å²) in [4.78, 5) is 31.1. The number of halogens is 1. The largest absolute Gasteiger partial charge is 0.494 e. The number of hydrogen-bond acceptors (Lipinski definition) is 5. The lowest BCUT2D eigenvalue weighted by Gasteiger charge is -2.28. The quantitative estimate of drug-likeness (QED) is 0.356. The molecule has 4 rings (SSSR count). The lowest BCUT2D eigenvalue weighted by Crippen LogP contribution is -2.37. The Labute approximate surface area is 205 Å². The van der Waals surface area contributed by atoms with Gasteiger partial charge in [0.05, 0.1) is 23.6 Å². The van der Waals surface area contributed by atoms with Crippen molar-refractivity contribution in [2.45, 2.75) is 39.7 Å². The SMILES string of the molecule is CCCCOc1ccc(C2c3c(oc4ccc(Cl)cc4c3=O)C(=O)N2CCN(CC)CC)cc1. The molecule has 1 amide bonds. The zero-order valence-electron chi connectivity index (χ0n) is 20.0. The number of nitrogens with zero attached hydrogens (tertiary/aromatic N) is 2. The van der Waals surface area contributed by atoms with E-state index < -0.39 is 6.04 Å². The van der Waals surface area contributed by atoms with Crippen LogP contribution in [-0.4, -0.2) is 48.5 Å². The molecule has 2 heterocycles. The second-order valence-corrected chi connectivity index (χ2v) is 8.95. The first-order chi connectivity index (χ1) is 16.5. The third kappa shape index (κ3) is 4.70. The molecule has 6 nitrogen and oxygen atoms in total. The number of amides is 1. The van der Waals surface area contributed by atoms with Gasteiger partial charge in [-0.1, -0.05) is 50.9 Å². The Balaban J connectivity index is 1.77. The van der Waals surface area contributed by atoms with E-state index in [0.717, 1.165) is 37.2 Å². The van der Waals surface area contributed by atoms with Crippen molar-refractivity contribution in [2.75, 3.05) is 32.8 Å². The van der Waals surface area contributed by atoms with Crippen molar-refractivity contribution < 1.29 is 13.9 Å². The molecule has 7 heteroatoms. The van der Waals surface area contributed by atoms with Gasteiger partial charge in [-0.2, -0.15) is 0 Å². The maximum atomic E-state index is 13.6. The lowest BCUT2D eigenvalue weighted by atomic mass is 9.98. The predicted octanol–water partition coefficient (Wildman–Crippen LogP) is 5.51. The van der Waals surface area contributed by atoms with Gasteiger partial charge in [-0.3, -0.25) is 9.59 Å². The molecule has 2 aromatic carbocycles. The second kappa shape index (κ2) is 10.6. The molecule has 0 fully saturated rings. The summed E-state index contributed by atoms with van der Waals surface area (Å²) in [6.07, 6.45) is 2.05. The smallest absolute Gasteiger partial charge is 0.290 e. The van der Waals surface area contributed by atoms with Crippen molar-refractivity contribution in [1.29, 1.82) is 0 Å². The zero-order chi connectivity index (χ0) is 24.2. The highest BCUT2D eigenvalue weighted by Crippen LogP contribution is 2.38. The fourth-order valence-corrected chi connectivity index (χ4v) is 4.61. The Bertz CT molecular complexity index is 1220. The first kappa shape index (κ1) is 24.3. The van der Waals surface area contributed by atoms with Gasteiger partial charge in [0, 0.05) is 18.1 Å². The summed E-state index contributed by atoms with van der Waals surface area (Å²) in [6.45, 7) is 9.95. The molecule has 34 heavy (non-hydrogen) atoms. The highest BCUT2D eigenvalue weighted by Gasteiger charge is 2.42. The summed E-state index contributed by atoms with van der Waals surface area (Å²) >= 11 is 6.16. The Morgan fingerprint density at radius 1 is 1.06 bits per heavy atom. The summed E-state index contributed by atoms with van der Waals surface area (Å²) in [7, 11) is 0. The molecule has 1 aliphatic heterocycles. The van der Waals surface area contributed by atoms with Gasteiger partial charge in [-0.25, -0.2) is 0 Å². The average molecular weight is 483 g/mol. The van der Waals surface area contributed by atoms with Crippen LogP contribution < -0.4 is 10.2 Å². The van der Waals surface area contributed by atoms with Crippen LogP contribution in [-0.2, 0) is 0 Å². The summed E-state index contributed by atoms with van der Waals surface area (Å²) in [5.41, 5.74) is 1.37. The minimum absolute atomic E-state index is 0.118. The Kier molecular flexibility index (Phi) is 7.59. The molecule has 1 unspecified atom stereocenters. The van der Waals surface area contributed by atoms with Crippen LogP contribution in [0.4, 0.5) is 0 Å². The molecule has 0 bridgehead atoms. The molecule has 180 valence electrons. The van der Waals surface area contributed by atoms with Crippen LogP contribution in [0.5, 0.6) is 5.75 Å². The molecule has 0 N–H and O–H groups in total. The van der Waals surface area contributed by atoms with Crippen LogP contribution in [0.2, 0.25) is 5.02 Å². The Morgan fingerprint density at radius 2 is 1.79 bits per heavy atom. The molecular weight excluding hydrogens is 452 g/mol. The highest BCUT2D eigenvalue weighted by molar-refractivity contribution is 6.31. The van der Waals surface area contributed by atoms with Gasteiger partial charge in [-0.15, -0.1) is 0 Å².